The van der Waals surface area contributed by atoms with E-state index in [1.165, 1.54) is 23.9 Å². The number of hydrogen-bond acceptors (Lipinski definition) is 5. The van der Waals surface area contributed by atoms with Crippen LogP contribution >= 0.6 is 35.3 Å². The lowest BCUT2D eigenvalue weighted by Crippen LogP contribution is -2.30. The van der Waals surface area contributed by atoms with Crippen molar-refractivity contribution in [3.05, 3.63) is 58.3 Å². The van der Waals surface area contributed by atoms with E-state index in [9.17, 15) is 23.1 Å². The Bertz CT molecular complexity index is 712. The molecule has 9 heteroatoms. The minimum atomic E-state index is -6.07. The van der Waals surface area contributed by atoms with Gasteiger partial charge in [-0.25, -0.2) is 0 Å². The van der Waals surface area contributed by atoms with Crippen molar-refractivity contribution in [3.8, 4) is 0 Å². The maximum Gasteiger partial charge on any atom is 0.297 e. The van der Waals surface area contributed by atoms with E-state index in [0.29, 0.717) is 11.3 Å². The molecule has 0 unspecified atom stereocenters. The molecule has 1 aromatic heterocycles. The number of hydrogen-bond donors (Lipinski definition) is 0. The van der Waals surface area contributed by atoms with Crippen molar-refractivity contribution >= 4 is 35.3 Å². The fourth-order valence-corrected chi connectivity index (χ4v) is 3.78. The molecule has 2 rings (SSSR count). The summed E-state index contributed by atoms with van der Waals surface area (Å²) in [5.41, 5.74) is -4.59. The van der Waals surface area contributed by atoms with Gasteiger partial charge in [-0.05, 0) is 23.8 Å². The van der Waals surface area contributed by atoms with E-state index in [-0.39, 0.29) is 4.47 Å². The van der Waals surface area contributed by atoms with Crippen LogP contribution in [0.3, 0.4) is 0 Å². The fourth-order valence-electron chi connectivity index (χ4n) is 1.64. The number of thioether (sulfide) groups is 1. The molecule has 0 fully saturated rings. The highest BCUT2D eigenvalue weighted by Gasteiger charge is 2.37. The SMILES string of the molecule is O=P([O-])([O-])C(F)(F)c1ccc(CSc2cccnc2)cc1Br. The molecule has 2 aromatic rings. The second kappa shape index (κ2) is 6.76. The standard InChI is InChI=1S/C13H11BrF2NO3PS/c14-12-6-9(8-22-10-2-1-5-17-7-10)3-4-11(12)13(15,16)21(18,19)20/h1-7H,8H2,(H2,18,19,20)/p-2. The Kier molecular flexibility index (Phi) is 5.40. The van der Waals surface area contributed by atoms with E-state index in [4.69, 9.17) is 0 Å². The summed E-state index contributed by atoms with van der Waals surface area (Å²) < 4.78 is 37.7. The van der Waals surface area contributed by atoms with Crippen LogP contribution in [0, 0.1) is 0 Å². The van der Waals surface area contributed by atoms with Crippen LogP contribution in [0.5, 0.6) is 0 Å². The van der Waals surface area contributed by atoms with Gasteiger partial charge in [0, 0.05) is 40.7 Å². The number of nitrogens with zero attached hydrogens (tertiary/aromatic N) is 1. The van der Waals surface area contributed by atoms with Crippen LogP contribution in [0.1, 0.15) is 11.1 Å². The molecule has 4 nitrogen and oxygen atoms in total. The third-order valence-electron chi connectivity index (χ3n) is 2.74. The Hall–Kier alpha value is -0.790. The average molecular weight is 408 g/mol. The zero-order chi connectivity index (χ0) is 16.4. The van der Waals surface area contributed by atoms with E-state index in [1.807, 2.05) is 6.07 Å². The average Bonchev–Trinajstić information content (AvgIpc) is 2.45. The molecular formula is C13H9BrF2NO3PS-2. The minimum absolute atomic E-state index is 0.117. The van der Waals surface area contributed by atoms with Crippen LogP contribution in [-0.2, 0) is 16.0 Å². The normalized spacial score (nSPS) is 12.4. The Balaban J connectivity index is 2.18. The van der Waals surface area contributed by atoms with Crippen LogP contribution in [0.2, 0.25) is 0 Å². The summed E-state index contributed by atoms with van der Waals surface area (Å²) in [6.45, 7) is 0. The van der Waals surface area contributed by atoms with Crippen molar-refractivity contribution in [2.45, 2.75) is 16.3 Å². The first-order chi connectivity index (χ1) is 10.2. The molecule has 0 N–H and O–H groups in total. The largest absolute Gasteiger partial charge is 0.806 e. The zero-order valence-electron chi connectivity index (χ0n) is 10.9. The molecule has 22 heavy (non-hydrogen) atoms. The van der Waals surface area contributed by atoms with Crippen molar-refractivity contribution in [1.29, 1.82) is 0 Å². The Morgan fingerprint density at radius 1 is 1.32 bits per heavy atom. The monoisotopic (exact) mass is 407 g/mol. The van der Waals surface area contributed by atoms with Crippen molar-refractivity contribution in [1.82, 2.24) is 4.98 Å². The van der Waals surface area contributed by atoms with Gasteiger partial charge in [-0.15, -0.1) is 11.8 Å². The molecule has 0 radical (unpaired) electrons. The van der Waals surface area contributed by atoms with E-state index in [2.05, 4.69) is 20.9 Å². The van der Waals surface area contributed by atoms with Crippen LogP contribution in [-0.4, -0.2) is 4.98 Å². The Morgan fingerprint density at radius 3 is 2.59 bits per heavy atom. The molecule has 0 spiro atoms. The minimum Gasteiger partial charge on any atom is -0.806 e. The highest BCUT2D eigenvalue weighted by atomic mass is 79.9. The van der Waals surface area contributed by atoms with Gasteiger partial charge in [-0.3, -0.25) is 4.98 Å². The van der Waals surface area contributed by atoms with Gasteiger partial charge in [-0.1, -0.05) is 28.1 Å². The van der Waals surface area contributed by atoms with E-state index < -0.39 is 18.8 Å². The fraction of sp³-hybridized carbons (Fsp3) is 0.154. The van der Waals surface area contributed by atoms with Gasteiger partial charge in [0.1, 0.15) is 0 Å². The third-order valence-corrected chi connectivity index (χ3v) is 5.38. The summed E-state index contributed by atoms with van der Waals surface area (Å²) in [6.07, 6.45) is 3.31. The molecule has 0 saturated carbocycles. The van der Waals surface area contributed by atoms with Gasteiger partial charge < -0.3 is 14.4 Å². The smallest absolute Gasteiger partial charge is 0.297 e. The number of rotatable bonds is 5. The summed E-state index contributed by atoms with van der Waals surface area (Å²) in [5, 5.41) is 0. The predicted octanol–water partition coefficient (Wildman–Crippen LogP) is 3.10. The van der Waals surface area contributed by atoms with Crippen molar-refractivity contribution < 1.29 is 23.1 Å². The van der Waals surface area contributed by atoms with E-state index >= 15 is 0 Å². The summed E-state index contributed by atoms with van der Waals surface area (Å²) in [5.74, 6) is 0.489. The van der Waals surface area contributed by atoms with Gasteiger partial charge >= 0.3 is 0 Å². The first-order valence-electron chi connectivity index (χ1n) is 5.93. The molecule has 118 valence electrons. The van der Waals surface area contributed by atoms with Gasteiger partial charge in [0.15, 0.2) is 0 Å². The second-order valence-electron chi connectivity index (χ2n) is 4.33. The molecule has 0 bridgehead atoms. The molecule has 0 amide bonds. The highest BCUT2D eigenvalue weighted by molar-refractivity contribution is 9.10. The van der Waals surface area contributed by atoms with Crippen LogP contribution < -0.4 is 9.79 Å². The highest BCUT2D eigenvalue weighted by Crippen LogP contribution is 2.54. The lowest BCUT2D eigenvalue weighted by molar-refractivity contribution is -0.335. The van der Waals surface area contributed by atoms with Gasteiger partial charge in [0.25, 0.3) is 5.66 Å². The third kappa shape index (κ3) is 3.94. The van der Waals surface area contributed by atoms with Crippen molar-refractivity contribution in [3.63, 3.8) is 0 Å². The zero-order valence-corrected chi connectivity index (χ0v) is 14.2. The number of halogens is 3. The lowest BCUT2D eigenvalue weighted by atomic mass is 10.1. The summed E-state index contributed by atoms with van der Waals surface area (Å²) in [6, 6.07) is 7.34. The summed E-state index contributed by atoms with van der Waals surface area (Å²) in [7, 11) is -6.07. The van der Waals surface area contributed by atoms with Crippen LogP contribution in [0.25, 0.3) is 0 Å². The topological polar surface area (TPSA) is 76.1 Å². The summed E-state index contributed by atoms with van der Waals surface area (Å²) in [4.78, 5) is 26.3. The molecule has 1 aromatic carbocycles. The quantitative estimate of drug-likeness (QED) is 0.562. The number of pyridine rings is 1. The number of benzene rings is 1. The lowest BCUT2D eigenvalue weighted by Gasteiger charge is -2.38. The molecule has 0 aliphatic carbocycles. The van der Waals surface area contributed by atoms with Gasteiger partial charge in [0.05, 0.1) is 0 Å². The number of alkyl halides is 2. The van der Waals surface area contributed by atoms with Crippen LogP contribution in [0.15, 0.2) is 52.1 Å². The Morgan fingerprint density at radius 2 is 2.05 bits per heavy atom. The molecular weight excluding hydrogens is 399 g/mol. The van der Waals surface area contributed by atoms with E-state index in [1.54, 1.807) is 18.5 Å². The predicted molar refractivity (Wildman–Crippen MR) is 79.4 cm³/mol. The number of aromatic nitrogens is 1. The molecule has 0 aliphatic heterocycles. The van der Waals surface area contributed by atoms with Crippen molar-refractivity contribution in [2.24, 2.45) is 0 Å². The summed E-state index contributed by atoms with van der Waals surface area (Å²) >= 11 is 4.35. The van der Waals surface area contributed by atoms with Gasteiger partial charge in [-0.2, -0.15) is 8.78 Å². The first kappa shape index (κ1) is 17.6. The van der Waals surface area contributed by atoms with E-state index in [0.717, 1.165) is 11.0 Å². The first-order valence-corrected chi connectivity index (χ1v) is 9.25. The molecule has 0 atom stereocenters. The van der Waals surface area contributed by atoms with Crippen LogP contribution in [0.4, 0.5) is 8.78 Å². The second-order valence-corrected chi connectivity index (χ2v) is 7.79. The maximum absolute atomic E-state index is 13.6. The van der Waals surface area contributed by atoms with Gasteiger partial charge in [0.2, 0.25) is 0 Å². The molecule has 0 saturated heterocycles. The molecule has 1 heterocycles. The molecule has 0 aliphatic rings. The van der Waals surface area contributed by atoms with Crippen molar-refractivity contribution in [2.75, 3.05) is 0 Å². The Labute approximate surface area is 138 Å². The maximum atomic E-state index is 13.6.